The summed E-state index contributed by atoms with van der Waals surface area (Å²) in [4.78, 5) is 0. The van der Waals surface area contributed by atoms with E-state index < -0.39 is 23.7 Å². The van der Waals surface area contributed by atoms with Crippen LogP contribution in [0.3, 0.4) is 0 Å². The second-order valence-corrected chi connectivity index (χ2v) is 5.14. The largest absolute Gasteiger partial charge is 0.322 e. The van der Waals surface area contributed by atoms with Crippen LogP contribution in [0.25, 0.3) is 0 Å². The molecule has 106 valence electrons. The van der Waals surface area contributed by atoms with Gasteiger partial charge in [0.1, 0.15) is 11.6 Å². The van der Waals surface area contributed by atoms with E-state index in [-0.39, 0.29) is 21.2 Å². The zero-order valence-corrected chi connectivity index (χ0v) is 11.8. The number of benzene rings is 2. The second-order valence-electron chi connectivity index (χ2n) is 4.32. The number of hydrogen-bond acceptors (Lipinski definition) is 2. The predicted octanol–water partition coefficient (Wildman–Crippen LogP) is 3.97. The van der Waals surface area contributed by atoms with E-state index in [1.807, 2.05) is 0 Å². The lowest BCUT2D eigenvalue weighted by molar-refractivity contribution is 0.503. The van der Waals surface area contributed by atoms with Gasteiger partial charge in [0.25, 0.3) is 0 Å². The Hall–Kier alpha value is -1.20. The first-order valence-electron chi connectivity index (χ1n) is 5.82. The highest BCUT2D eigenvalue weighted by Gasteiger charge is 2.26. The van der Waals surface area contributed by atoms with Crippen LogP contribution in [0, 0.1) is 11.6 Å². The van der Waals surface area contributed by atoms with Crippen LogP contribution < -0.4 is 11.5 Å². The molecule has 0 heterocycles. The van der Waals surface area contributed by atoms with E-state index in [4.69, 9.17) is 34.7 Å². The molecule has 4 N–H and O–H groups in total. The Morgan fingerprint density at radius 1 is 0.750 bits per heavy atom. The SMILES string of the molecule is NC(c1c(F)cccc1Cl)C(N)c1c(F)cccc1Cl. The Labute approximate surface area is 125 Å². The van der Waals surface area contributed by atoms with Crippen molar-refractivity contribution in [3.8, 4) is 0 Å². The molecule has 0 fully saturated rings. The molecular formula is C14H12Cl2F2N2. The average molecular weight is 317 g/mol. The number of halogens is 4. The Bertz CT molecular complexity index is 539. The van der Waals surface area contributed by atoms with Crippen molar-refractivity contribution in [2.75, 3.05) is 0 Å². The van der Waals surface area contributed by atoms with Gasteiger partial charge in [0, 0.05) is 21.2 Å². The van der Waals surface area contributed by atoms with Gasteiger partial charge in [0.05, 0.1) is 12.1 Å². The molecule has 0 aromatic heterocycles. The minimum atomic E-state index is -1.02. The van der Waals surface area contributed by atoms with Crippen molar-refractivity contribution >= 4 is 23.2 Å². The maximum atomic E-state index is 13.8. The monoisotopic (exact) mass is 316 g/mol. The molecule has 6 heteroatoms. The smallest absolute Gasteiger partial charge is 0.129 e. The maximum Gasteiger partial charge on any atom is 0.129 e. The van der Waals surface area contributed by atoms with Crippen molar-refractivity contribution in [1.29, 1.82) is 0 Å². The van der Waals surface area contributed by atoms with Crippen molar-refractivity contribution in [2.24, 2.45) is 11.5 Å². The third kappa shape index (κ3) is 2.79. The highest BCUT2D eigenvalue weighted by atomic mass is 35.5. The van der Waals surface area contributed by atoms with Gasteiger partial charge in [-0.3, -0.25) is 0 Å². The molecule has 20 heavy (non-hydrogen) atoms. The highest BCUT2D eigenvalue weighted by molar-refractivity contribution is 6.31. The first-order valence-corrected chi connectivity index (χ1v) is 6.58. The van der Waals surface area contributed by atoms with Crippen LogP contribution >= 0.6 is 23.2 Å². The highest BCUT2D eigenvalue weighted by Crippen LogP contribution is 2.35. The van der Waals surface area contributed by atoms with E-state index >= 15 is 0 Å². The third-order valence-corrected chi connectivity index (χ3v) is 3.71. The number of hydrogen-bond donors (Lipinski definition) is 2. The first kappa shape index (κ1) is 15.2. The Kier molecular flexibility index (Phi) is 4.60. The Morgan fingerprint density at radius 3 is 1.40 bits per heavy atom. The van der Waals surface area contributed by atoms with E-state index in [2.05, 4.69) is 0 Å². The summed E-state index contributed by atoms with van der Waals surface area (Å²) in [5.41, 5.74) is 12.0. The van der Waals surface area contributed by atoms with Crippen LogP contribution in [0.2, 0.25) is 10.0 Å². The third-order valence-electron chi connectivity index (χ3n) is 3.05. The van der Waals surface area contributed by atoms with Crippen molar-refractivity contribution in [1.82, 2.24) is 0 Å². The summed E-state index contributed by atoms with van der Waals surface area (Å²) < 4.78 is 27.7. The van der Waals surface area contributed by atoms with E-state index in [1.54, 1.807) is 0 Å². The van der Waals surface area contributed by atoms with Crippen molar-refractivity contribution in [3.63, 3.8) is 0 Å². The molecule has 0 aliphatic heterocycles. The molecule has 0 spiro atoms. The van der Waals surface area contributed by atoms with Gasteiger partial charge in [-0.2, -0.15) is 0 Å². The molecule has 2 nitrogen and oxygen atoms in total. The van der Waals surface area contributed by atoms with Crippen molar-refractivity contribution < 1.29 is 8.78 Å². The molecule has 0 bridgehead atoms. The van der Waals surface area contributed by atoms with Gasteiger partial charge < -0.3 is 11.5 Å². The number of rotatable bonds is 3. The fourth-order valence-electron chi connectivity index (χ4n) is 2.02. The Morgan fingerprint density at radius 2 is 1.10 bits per heavy atom. The lowest BCUT2D eigenvalue weighted by atomic mass is 9.94. The molecule has 0 aliphatic rings. The van der Waals surface area contributed by atoms with Crippen LogP contribution in [-0.4, -0.2) is 0 Å². The minimum absolute atomic E-state index is 0.0426. The van der Waals surface area contributed by atoms with Crippen LogP contribution in [-0.2, 0) is 0 Å². The number of nitrogens with two attached hydrogens (primary N) is 2. The van der Waals surface area contributed by atoms with Crippen molar-refractivity contribution in [2.45, 2.75) is 12.1 Å². The van der Waals surface area contributed by atoms with Crippen LogP contribution in [0.4, 0.5) is 8.78 Å². The lowest BCUT2D eigenvalue weighted by Gasteiger charge is -2.23. The summed E-state index contributed by atoms with van der Waals surface area (Å²) >= 11 is 11.9. The first-order chi connectivity index (χ1) is 9.43. The van der Waals surface area contributed by atoms with Crippen LogP contribution in [0.5, 0.6) is 0 Å². The summed E-state index contributed by atoms with van der Waals surface area (Å²) in [6, 6.07) is 6.31. The molecule has 2 aromatic rings. The van der Waals surface area contributed by atoms with E-state index in [9.17, 15) is 8.78 Å². The van der Waals surface area contributed by atoms with Gasteiger partial charge >= 0.3 is 0 Å². The lowest BCUT2D eigenvalue weighted by Crippen LogP contribution is -2.28. The molecular weight excluding hydrogens is 305 g/mol. The zero-order chi connectivity index (χ0) is 14.9. The standard InChI is InChI=1S/C14H12Cl2F2N2/c15-7-3-1-5-9(17)11(7)13(19)14(20)12-8(16)4-2-6-10(12)18/h1-6,13-14H,19-20H2. The molecule has 2 unspecified atom stereocenters. The summed E-state index contributed by atoms with van der Waals surface area (Å²) in [6.45, 7) is 0. The fourth-order valence-corrected chi connectivity index (χ4v) is 2.60. The fraction of sp³-hybridized carbons (Fsp3) is 0.143. The molecule has 0 amide bonds. The summed E-state index contributed by atoms with van der Waals surface area (Å²) in [6.07, 6.45) is 0. The minimum Gasteiger partial charge on any atom is -0.322 e. The van der Waals surface area contributed by atoms with Crippen molar-refractivity contribution in [3.05, 3.63) is 69.2 Å². The molecule has 0 saturated carbocycles. The summed E-state index contributed by atoms with van der Waals surface area (Å²) in [5.74, 6) is -1.18. The van der Waals surface area contributed by atoms with Gasteiger partial charge in [-0.05, 0) is 24.3 Å². The molecule has 0 saturated heterocycles. The van der Waals surface area contributed by atoms with Gasteiger partial charge in [0.15, 0.2) is 0 Å². The normalized spacial score (nSPS) is 14.1. The predicted molar refractivity (Wildman–Crippen MR) is 76.7 cm³/mol. The van der Waals surface area contributed by atoms with Gasteiger partial charge in [-0.15, -0.1) is 0 Å². The van der Waals surface area contributed by atoms with Gasteiger partial charge in [-0.1, -0.05) is 35.3 Å². The van der Waals surface area contributed by atoms with Gasteiger partial charge in [0.2, 0.25) is 0 Å². The molecule has 2 aromatic carbocycles. The summed E-state index contributed by atoms with van der Waals surface area (Å²) in [5, 5.41) is 0.279. The topological polar surface area (TPSA) is 52.0 Å². The summed E-state index contributed by atoms with van der Waals surface area (Å²) in [7, 11) is 0. The maximum absolute atomic E-state index is 13.8. The average Bonchev–Trinajstić information content (AvgIpc) is 2.37. The molecule has 2 rings (SSSR count). The van der Waals surface area contributed by atoms with E-state index in [0.717, 1.165) is 0 Å². The molecule has 0 aliphatic carbocycles. The molecule has 0 radical (unpaired) electrons. The van der Waals surface area contributed by atoms with E-state index in [0.29, 0.717) is 0 Å². The Balaban J connectivity index is 2.46. The van der Waals surface area contributed by atoms with Crippen LogP contribution in [0.15, 0.2) is 36.4 Å². The molecule has 2 atom stereocenters. The quantitative estimate of drug-likeness (QED) is 0.900. The second kappa shape index (κ2) is 6.06. The van der Waals surface area contributed by atoms with Gasteiger partial charge in [-0.25, -0.2) is 8.78 Å². The zero-order valence-electron chi connectivity index (χ0n) is 10.3. The van der Waals surface area contributed by atoms with E-state index in [1.165, 1.54) is 36.4 Å². The van der Waals surface area contributed by atoms with Crippen LogP contribution in [0.1, 0.15) is 23.2 Å².